The minimum Gasteiger partial charge on any atom is -0.478 e. The number of nitrogens with one attached hydrogen (secondary N) is 1. The number of rotatable bonds is 3. The zero-order valence-electron chi connectivity index (χ0n) is 10.4. The number of hydrogen-bond donors (Lipinski definition) is 2. The monoisotopic (exact) mass is 431 g/mol. The molecule has 0 radical (unpaired) electrons. The van der Waals surface area contributed by atoms with Crippen molar-refractivity contribution in [2.24, 2.45) is 0 Å². The number of hydrogen-bond acceptors (Lipinski definition) is 2. The largest absolute Gasteiger partial charge is 0.478 e. The van der Waals surface area contributed by atoms with Gasteiger partial charge in [-0.1, -0.05) is 43.5 Å². The van der Waals surface area contributed by atoms with Crippen molar-refractivity contribution in [2.75, 3.05) is 5.32 Å². The number of anilines is 1. The smallest absolute Gasteiger partial charge is 0.335 e. The van der Waals surface area contributed by atoms with Crippen LogP contribution in [0, 0.1) is 0 Å². The molecule has 0 aliphatic carbocycles. The Morgan fingerprint density at radius 1 is 1.00 bits per heavy atom. The Labute approximate surface area is 142 Å². The van der Waals surface area contributed by atoms with Gasteiger partial charge in [0.1, 0.15) is 0 Å². The van der Waals surface area contributed by atoms with E-state index in [1.165, 1.54) is 18.2 Å². The molecule has 2 aromatic carbocycles. The first-order chi connectivity index (χ1) is 9.86. The van der Waals surface area contributed by atoms with E-state index in [2.05, 4.69) is 37.2 Å². The SMILES string of the molecule is O=C(O)c1ccc(NC(=O)c2cc(Br)cc(Br)c2)c(Cl)c1. The molecule has 0 atom stereocenters. The Morgan fingerprint density at radius 2 is 1.62 bits per heavy atom. The fraction of sp³-hybridized carbons (Fsp3) is 0. The molecule has 2 aromatic rings. The van der Waals surface area contributed by atoms with Crippen LogP contribution in [0.2, 0.25) is 5.02 Å². The van der Waals surface area contributed by atoms with Crippen LogP contribution in [-0.4, -0.2) is 17.0 Å². The van der Waals surface area contributed by atoms with Gasteiger partial charge >= 0.3 is 5.97 Å². The topological polar surface area (TPSA) is 66.4 Å². The van der Waals surface area contributed by atoms with Gasteiger partial charge in [-0.15, -0.1) is 0 Å². The molecule has 0 aromatic heterocycles. The van der Waals surface area contributed by atoms with Gasteiger partial charge in [0.25, 0.3) is 5.91 Å². The van der Waals surface area contributed by atoms with Crippen LogP contribution in [0.3, 0.4) is 0 Å². The van der Waals surface area contributed by atoms with Crippen LogP contribution < -0.4 is 5.32 Å². The van der Waals surface area contributed by atoms with Crippen LogP contribution in [0.4, 0.5) is 5.69 Å². The van der Waals surface area contributed by atoms with E-state index in [1.807, 2.05) is 6.07 Å². The molecule has 21 heavy (non-hydrogen) atoms. The lowest BCUT2D eigenvalue weighted by molar-refractivity contribution is 0.0696. The molecule has 0 unspecified atom stereocenters. The second-order valence-corrected chi connectivity index (χ2v) is 6.35. The summed E-state index contributed by atoms with van der Waals surface area (Å²) in [6.45, 7) is 0. The van der Waals surface area contributed by atoms with E-state index < -0.39 is 5.97 Å². The normalized spacial score (nSPS) is 10.2. The molecule has 108 valence electrons. The summed E-state index contributed by atoms with van der Waals surface area (Å²) in [5, 5.41) is 11.7. The molecule has 2 N–H and O–H groups in total. The maximum absolute atomic E-state index is 12.2. The van der Waals surface area contributed by atoms with E-state index in [4.69, 9.17) is 16.7 Å². The first-order valence-electron chi connectivity index (χ1n) is 5.67. The van der Waals surface area contributed by atoms with Crippen molar-refractivity contribution in [1.29, 1.82) is 0 Å². The first-order valence-corrected chi connectivity index (χ1v) is 7.63. The zero-order valence-corrected chi connectivity index (χ0v) is 14.3. The average molecular weight is 433 g/mol. The highest BCUT2D eigenvalue weighted by Gasteiger charge is 2.12. The van der Waals surface area contributed by atoms with Crippen LogP contribution in [0.5, 0.6) is 0 Å². The average Bonchev–Trinajstić information content (AvgIpc) is 2.39. The van der Waals surface area contributed by atoms with Crippen molar-refractivity contribution < 1.29 is 14.7 Å². The van der Waals surface area contributed by atoms with Crippen molar-refractivity contribution in [3.63, 3.8) is 0 Å². The molecular weight excluding hydrogens is 425 g/mol. The molecule has 0 saturated carbocycles. The predicted molar refractivity (Wildman–Crippen MR) is 88.2 cm³/mol. The Balaban J connectivity index is 2.25. The molecule has 0 aliphatic heterocycles. The minimum absolute atomic E-state index is 0.0585. The summed E-state index contributed by atoms with van der Waals surface area (Å²) in [6.07, 6.45) is 0. The highest BCUT2D eigenvalue weighted by atomic mass is 79.9. The molecule has 1 amide bonds. The Kier molecular flexibility index (Phi) is 5.03. The third kappa shape index (κ3) is 4.06. The third-order valence-corrected chi connectivity index (χ3v) is 3.82. The van der Waals surface area contributed by atoms with E-state index in [-0.39, 0.29) is 16.5 Å². The molecule has 0 saturated heterocycles. The summed E-state index contributed by atoms with van der Waals surface area (Å²) < 4.78 is 1.52. The highest BCUT2D eigenvalue weighted by Crippen LogP contribution is 2.25. The second-order valence-electron chi connectivity index (χ2n) is 4.11. The first kappa shape index (κ1) is 16.0. The second kappa shape index (κ2) is 6.60. The molecule has 0 spiro atoms. The van der Waals surface area contributed by atoms with Crippen molar-refractivity contribution >= 4 is 61.0 Å². The maximum atomic E-state index is 12.2. The van der Waals surface area contributed by atoms with Gasteiger partial charge in [0.2, 0.25) is 0 Å². The van der Waals surface area contributed by atoms with Crippen LogP contribution in [0.15, 0.2) is 45.3 Å². The molecule has 2 rings (SSSR count). The quantitative estimate of drug-likeness (QED) is 0.730. The van der Waals surface area contributed by atoms with Crippen molar-refractivity contribution in [3.8, 4) is 0 Å². The number of carbonyl (C=O) groups is 2. The van der Waals surface area contributed by atoms with Gasteiger partial charge in [0.05, 0.1) is 16.3 Å². The number of benzene rings is 2. The fourth-order valence-corrected chi connectivity index (χ4v) is 3.15. The van der Waals surface area contributed by atoms with Gasteiger partial charge in [0.15, 0.2) is 0 Å². The van der Waals surface area contributed by atoms with E-state index in [0.717, 1.165) is 8.95 Å². The van der Waals surface area contributed by atoms with Crippen LogP contribution >= 0.6 is 43.5 Å². The Bertz CT molecular complexity index is 714. The van der Waals surface area contributed by atoms with Gasteiger partial charge in [-0.05, 0) is 36.4 Å². The minimum atomic E-state index is -1.08. The summed E-state index contributed by atoms with van der Waals surface area (Å²) in [5.74, 6) is -1.42. The molecule has 0 heterocycles. The number of carbonyl (C=O) groups excluding carboxylic acids is 1. The van der Waals surface area contributed by atoms with Gasteiger partial charge in [-0.2, -0.15) is 0 Å². The van der Waals surface area contributed by atoms with Crippen molar-refractivity contribution in [2.45, 2.75) is 0 Å². The van der Waals surface area contributed by atoms with Crippen molar-refractivity contribution in [3.05, 3.63) is 61.5 Å². The van der Waals surface area contributed by atoms with Gasteiger partial charge < -0.3 is 10.4 Å². The number of amides is 1. The van der Waals surface area contributed by atoms with E-state index in [9.17, 15) is 9.59 Å². The van der Waals surface area contributed by atoms with Crippen molar-refractivity contribution in [1.82, 2.24) is 0 Å². The lowest BCUT2D eigenvalue weighted by Crippen LogP contribution is -2.12. The van der Waals surface area contributed by atoms with E-state index in [1.54, 1.807) is 12.1 Å². The summed E-state index contributed by atoms with van der Waals surface area (Å²) in [6, 6.07) is 9.26. The predicted octanol–water partition coefficient (Wildman–Crippen LogP) is 4.82. The maximum Gasteiger partial charge on any atom is 0.335 e. The lowest BCUT2D eigenvalue weighted by atomic mass is 10.2. The standard InChI is InChI=1S/C14H8Br2ClNO3/c15-9-3-8(4-10(16)6-9)13(19)18-12-2-1-7(14(20)21)5-11(12)17/h1-6H,(H,18,19)(H,20,21). The third-order valence-electron chi connectivity index (χ3n) is 2.59. The number of carboxylic acids is 1. The summed E-state index contributed by atoms with van der Waals surface area (Å²) in [7, 11) is 0. The molecule has 7 heteroatoms. The van der Waals surface area contributed by atoms with Gasteiger partial charge in [-0.3, -0.25) is 4.79 Å². The molecule has 4 nitrogen and oxygen atoms in total. The highest BCUT2D eigenvalue weighted by molar-refractivity contribution is 9.11. The lowest BCUT2D eigenvalue weighted by Gasteiger charge is -2.08. The van der Waals surface area contributed by atoms with Crippen LogP contribution in [0.1, 0.15) is 20.7 Å². The van der Waals surface area contributed by atoms with E-state index >= 15 is 0 Å². The van der Waals surface area contributed by atoms with E-state index in [0.29, 0.717) is 11.3 Å². The number of halogens is 3. The Hall–Kier alpha value is -1.37. The molecule has 0 fully saturated rings. The van der Waals surface area contributed by atoms with Gasteiger partial charge in [-0.25, -0.2) is 4.79 Å². The fourth-order valence-electron chi connectivity index (χ4n) is 1.63. The van der Waals surface area contributed by atoms with Crippen LogP contribution in [-0.2, 0) is 0 Å². The molecule has 0 aliphatic rings. The van der Waals surface area contributed by atoms with Crippen LogP contribution in [0.25, 0.3) is 0 Å². The Morgan fingerprint density at radius 3 is 2.14 bits per heavy atom. The van der Waals surface area contributed by atoms with Gasteiger partial charge in [0, 0.05) is 14.5 Å². The number of carboxylic acid groups (broad SMARTS) is 1. The number of aromatic carboxylic acids is 1. The zero-order chi connectivity index (χ0) is 15.6. The molecule has 0 bridgehead atoms. The molecular formula is C14H8Br2ClNO3. The summed E-state index contributed by atoms with van der Waals surface area (Å²) in [5.41, 5.74) is 0.848. The summed E-state index contributed by atoms with van der Waals surface area (Å²) >= 11 is 12.6. The summed E-state index contributed by atoms with van der Waals surface area (Å²) in [4.78, 5) is 23.0.